The van der Waals surface area contributed by atoms with Gasteiger partial charge in [-0.05, 0) is 30.7 Å². The van der Waals surface area contributed by atoms with Crippen LogP contribution in [0.1, 0.15) is 25.7 Å². The highest BCUT2D eigenvalue weighted by Gasteiger charge is 2.01. The molecule has 0 radical (unpaired) electrons. The number of H-pyrrole nitrogens is 1. The standard InChI is InChI=1S/C13H18N2S2/c16-9-5-1-2-6-10-17-13-14-11-7-3-4-8-12(11)15-13/h3-4,7-8,16H,1-2,5-6,9-10H2,(H,14,15). The summed E-state index contributed by atoms with van der Waals surface area (Å²) in [6, 6.07) is 8.17. The van der Waals surface area contributed by atoms with Gasteiger partial charge in [-0.25, -0.2) is 4.98 Å². The van der Waals surface area contributed by atoms with E-state index >= 15 is 0 Å². The van der Waals surface area contributed by atoms with Gasteiger partial charge in [-0.3, -0.25) is 0 Å². The Morgan fingerprint density at radius 3 is 2.76 bits per heavy atom. The molecular formula is C13H18N2S2. The molecule has 0 aliphatic rings. The van der Waals surface area contributed by atoms with Crippen LogP contribution in [0.2, 0.25) is 0 Å². The summed E-state index contributed by atoms with van der Waals surface area (Å²) in [5, 5.41) is 1.04. The molecule has 92 valence electrons. The summed E-state index contributed by atoms with van der Waals surface area (Å²) in [6.07, 6.45) is 5.09. The molecule has 1 heterocycles. The fraction of sp³-hybridized carbons (Fsp3) is 0.462. The number of unbranched alkanes of at least 4 members (excludes halogenated alkanes) is 3. The molecule has 0 saturated carbocycles. The molecule has 1 aromatic carbocycles. The number of nitrogens with one attached hydrogen (secondary N) is 1. The van der Waals surface area contributed by atoms with Crippen molar-refractivity contribution in [2.75, 3.05) is 11.5 Å². The fourth-order valence-corrected chi connectivity index (χ4v) is 2.84. The van der Waals surface area contributed by atoms with Crippen molar-refractivity contribution < 1.29 is 0 Å². The smallest absolute Gasteiger partial charge is 0.166 e. The molecule has 0 saturated heterocycles. The zero-order valence-corrected chi connectivity index (χ0v) is 11.6. The van der Waals surface area contributed by atoms with Gasteiger partial charge in [0.1, 0.15) is 0 Å². The van der Waals surface area contributed by atoms with Crippen LogP contribution in [0.4, 0.5) is 0 Å². The molecule has 0 atom stereocenters. The first-order chi connectivity index (χ1) is 8.40. The Morgan fingerprint density at radius 2 is 1.94 bits per heavy atom. The topological polar surface area (TPSA) is 28.7 Å². The molecule has 17 heavy (non-hydrogen) atoms. The van der Waals surface area contributed by atoms with Gasteiger partial charge in [0.25, 0.3) is 0 Å². The molecule has 0 unspecified atom stereocenters. The van der Waals surface area contributed by atoms with Crippen molar-refractivity contribution in [1.29, 1.82) is 0 Å². The minimum absolute atomic E-state index is 1.01. The first kappa shape index (κ1) is 12.8. The Morgan fingerprint density at radius 1 is 1.12 bits per heavy atom. The molecular weight excluding hydrogens is 248 g/mol. The molecule has 1 aromatic heterocycles. The molecule has 2 rings (SSSR count). The summed E-state index contributed by atoms with van der Waals surface area (Å²) in [6.45, 7) is 0. The van der Waals surface area contributed by atoms with Crippen LogP contribution in [-0.4, -0.2) is 21.5 Å². The highest BCUT2D eigenvalue weighted by Crippen LogP contribution is 2.20. The van der Waals surface area contributed by atoms with Crippen LogP contribution >= 0.6 is 24.4 Å². The number of thiol groups is 1. The van der Waals surface area contributed by atoms with Crippen LogP contribution in [-0.2, 0) is 0 Å². The Bertz CT molecular complexity index is 420. The van der Waals surface area contributed by atoms with Gasteiger partial charge < -0.3 is 4.98 Å². The van der Waals surface area contributed by atoms with Crippen LogP contribution in [0.5, 0.6) is 0 Å². The predicted molar refractivity (Wildman–Crippen MR) is 79.1 cm³/mol. The summed E-state index contributed by atoms with van der Waals surface area (Å²) in [5.74, 6) is 2.16. The number of aromatic nitrogens is 2. The summed E-state index contributed by atoms with van der Waals surface area (Å²) < 4.78 is 0. The molecule has 0 bridgehead atoms. The first-order valence-electron chi connectivity index (χ1n) is 6.08. The van der Waals surface area contributed by atoms with Gasteiger partial charge in [0.05, 0.1) is 11.0 Å². The van der Waals surface area contributed by atoms with Crippen molar-refractivity contribution in [2.24, 2.45) is 0 Å². The lowest BCUT2D eigenvalue weighted by Crippen LogP contribution is -1.84. The molecule has 0 spiro atoms. The Kier molecular flexibility index (Phi) is 5.26. The second kappa shape index (κ2) is 6.97. The van der Waals surface area contributed by atoms with E-state index in [9.17, 15) is 0 Å². The van der Waals surface area contributed by atoms with E-state index in [0.717, 1.165) is 27.7 Å². The maximum absolute atomic E-state index is 4.54. The third kappa shape index (κ3) is 3.96. The third-order valence-electron chi connectivity index (χ3n) is 2.66. The second-order valence-corrected chi connectivity index (χ2v) is 5.58. The van der Waals surface area contributed by atoms with Gasteiger partial charge in [0.2, 0.25) is 0 Å². The van der Waals surface area contributed by atoms with E-state index in [2.05, 4.69) is 28.7 Å². The first-order valence-corrected chi connectivity index (χ1v) is 7.70. The van der Waals surface area contributed by atoms with E-state index in [1.165, 1.54) is 25.7 Å². The largest absolute Gasteiger partial charge is 0.333 e. The molecule has 0 amide bonds. The summed E-state index contributed by atoms with van der Waals surface area (Å²) in [7, 11) is 0. The normalized spacial score (nSPS) is 11.1. The average molecular weight is 266 g/mol. The highest BCUT2D eigenvalue weighted by molar-refractivity contribution is 7.99. The van der Waals surface area contributed by atoms with Crippen LogP contribution in [0.15, 0.2) is 29.4 Å². The van der Waals surface area contributed by atoms with Crippen molar-refractivity contribution in [3.05, 3.63) is 24.3 Å². The number of rotatable bonds is 7. The number of aromatic amines is 1. The van der Waals surface area contributed by atoms with E-state index in [4.69, 9.17) is 0 Å². The number of fused-ring (bicyclic) bond motifs is 1. The molecule has 0 aliphatic heterocycles. The van der Waals surface area contributed by atoms with Gasteiger partial charge in [-0.15, -0.1) is 0 Å². The number of imidazole rings is 1. The molecule has 2 aromatic rings. The van der Waals surface area contributed by atoms with Crippen molar-refractivity contribution >= 4 is 35.4 Å². The van der Waals surface area contributed by atoms with E-state index < -0.39 is 0 Å². The van der Waals surface area contributed by atoms with Crippen molar-refractivity contribution in [3.63, 3.8) is 0 Å². The third-order valence-corrected chi connectivity index (χ3v) is 3.93. The second-order valence-electron chi connectivity index (χ2n) is 4.05. The van der Waals surface area contributed by atoms with E-state index in [0.29, 0.717) is 0 Å². The summed E-state index contributed by atoms with van der Waals surface area (Å²) in [5.41, 5.74) is 2.19. The maximum Gasteiger partial charge on any atom is 0.166 e. The molecule has 2 nitrogen and oxygen atoms in total. The number of para-hydroxylation sites is 2. The lowest BCUT2D eigenvalue weighted by atomic mass is 10.2. The number of hydrogen-bond acceptors (Lipinski definition) is 3. The van der Waals surface area contributed by atoms with Gasteiger partial charge >= 0.3 is 0 Å². The summed E-state index contributed by atoms with van der Waals surface area (Å²) >= 11 is 6.03. The van der Waals surface area contributed by atoms with Gasteiger partial charge in [-0.1, -0.05) is 36.7 Å². The number of hydrogen-bond donors (Lipinski definition) is 2. The SMILES string of the molecule is SCCCCCCSc1nc2ccccc2[nH]1. The average Bonchev–Trinajstić information content (AvgIpc) is 2.76. The molecule has 0 aliphatic carbocycles. The van der Waals surface area contributed by atoms with E-state index in [-0.39, 0.29) is 0 Å². The molecule has 4 heteroatoms. The minimum Gasteiger partial charge on any atom is -0.333 e. The Hall–Kier alpha value is -0.610. The predicted octanol–water partition coefficient (Wildman–Crippen LogP) is 4.15. The zero-order chi connectivity index (χ0) is 11.9. The number of nitrogens with zero attached hydrogens (tertiary/aromatic N) is 1. The van der Waals surface area contributed by atoms with E-state index in [1.807, 2.05) is 30.0 Å². The lowest BCUT2D eigenvalue weighted by molar-refractivity contribution is 0.711. The fourth-order valence-electron chi connectivity index (χ4n) is 1.73. The number of thioether (sulfide) groups is 1. The molecule has 0 fully saturated rings. The number of benzene rings is 1. The van der Waals surface area contributed by atoms with Crippen LogP contribution in [0.25, 0.3) is 11.0 Å². The van der Waals surface area contributed by atoms with Crippen LogP contribution in [0, 0.1) is 0 Å². The van der Waals surface area contributed by atoms with Crippen molar-refractivity contribution in [2.45, 2.75) is 30.8 Å². The Balaban J connectivity index is 1.75. The summed E-state index contributed by atoms with van der Waals surface area (Å²) in [4.78, 5) is 7.88. The van der Waals surface area contributed by atoms with Crippen molar-refractivity contribution in [1.82, 2.24) is 9.97 Å². The quantitative estimate of drug-likeness (QED) is 0.448. The zero-order valence-electron chi connectivity index (χ0n) is 9.85. The Labute approximate surface area is 112 Å². The maximum atomic E-state index is 4.54. The van der Waals surface area contributed by atoms with Crippen LogP contribution < -0.4 is 0 Å². The van der Waals surface area contributed by atoms with E-state index in [1.54, 1.807) is 0 Å². The van der Waals surface area contributed by atoms with Gasteiger partial charge in [-0.2, -0.15) is 12.6 Å². The highest BCUT2D eigenvalue weighted by atomic mass is 32.2. The molecule has 1 N–H and O–H groups in total. The minimum atomic E-state index is 1.01. The van der Waals surface area contributed by atoms with Gasteiger partial charge in [0, 0.05) is 5.75 Å². The van der Waals surface area contributed by atoms with Crippen molar-refractivity contribution in [3.8, 4) is 0 Å². The lowest BCUT2D eigenvalue weighted by Gasteiger charge is -1.98. The van der Waals surface area contributed by atoms with Gasteiger partial charge in [0.15, 0.2) is 5.16 Å². The van der Waals surface area contributed by atoms with Crippen LogP contribution in [0.3, 0.4) is 0 Å². The monoisotopic (exact) mass is 266 g/mol.